The molecule has 0 radical (unpaired) electrons. The minimum Gasteiger partial charge on any atom is -0.495 e. The lowest BCUT2D eigenvalue weighted by Gasteiger charge is -2.27. The van der Waals surface area contributed by atoms with E-state index in [0.29, 0.717) is 23.1 Å². The molecule has 1 saturated heterocycles. The number of aryl methyl sites for hydroxylation is 2. The van der Waals surface area contributed by atoms with Crippen molar-refractivity contribution >= 4 is 17.5 Å². The van der Waals surface area contributed by atoms with Crippen LogP contribution >= 0.6 is 0 Å². The molecular formula is C19H24N4O2. The van der Waals surface area contributed by atoms with Crippen LogP contribution in [0.3, 0.4) is 0 Å². The average molecular weight is 340 g/mol. The first-order valence-electron chi connectivity index (χ1n) is 8.63. The summed E-state index contributed by atoms with van der Waals surface area (Å²) in [6, 6.07) is 7.38. The molecule has 1 N–H and O–H groups in total. The third-order valence-electron chi connectivity index (χ3n) is 4.32. The molecule has 1 aromatic heterocycles. The molecule has 25 heavy (non-hydrogen) atoms. The SMILES string of the molecule is COc1ccc(C)cc1NC(=O)c1cc(C)nc(N2CCCCC2)n1. The molecular weight excluding hydrogens is 316 g/mol. The number of methoxy groups -OCH3 is 1. The second-order valence-corrected chi connectivity index (χ2v) is 6.40. The van der Waals surface area contributed by atoms with Crippen molar-refractivity contribution in [3.63, 3.8) is 0 Å². The van der Waals surface area contributed by atoms with Crippen LogP contribution in [0.2, 0.25) is 0 Å². The molecule has 1 aromatic carbocycles. The third kappa shape index (κ3) is 4.07. The topological polar surface area (TPSA) is 67.3 Å². The maximum absolute atomic E-state index is 12.7. The van der Waals surface area contributed by atoms with Gasteiger partial charge in [0, 0.05) is 18.8 Å². The molecule has 1 aliphatic rings. The Kier molecular flexibility index (Phi) is 5.16. The average Bonchev–Trinajstić information content (AvgIpc) is 2.62. The molecule has 0 spiro atoms. The van der Waals surface area contributed by atoms with E-state index in [1.807, 2.05) is 32.0 Å². The number of hydrogen-bond donors (Lipinski definition) is 1. The minimum absolute atomic E-state index is 0.257. The van der Waals surface area contributed by atoms with Gasteiger partial charge in [0.2, 0.25) is 5.95 Å². The van der Waals surface area contributed by atoms with Crippen molar-refractivity contribution in [3.8, 4) is 5.75 Å². The van der Waals surface area contributed by atoms with E-state index < -0.39 is 0 Å². The molecule has 0 saturated carbocycles. The molecule has 6 heteroatoms. The summed E-state index contributed by atoms with van der Waals surface area (Å²) in [4.78, 5) is 23.9. The Balaban J connectivity index is 1.84. The van der Waals surface area contributed by atoms with Gasteiger partial charge in [-0.1, -0.05) is 6.07 Å². The van der Waals surface area contributed by atoms with Crippen molar-refractivity contribution in [2.24, 2.45) is 0 Å². The van der Waals surface area contributed by atoms with Crippen LogP contribution < -0.4 is 15.0 Å². The number of hydrogen-bond acceptors (Lipinski definition) is 5. The van der Waals surface area contributed by atoms with Gasteiger partial charge in [0.1, 0.15) is 11.4 Å². The first-order valence-corrected chi connectivity index (χ1v) is 8.63. The molecule has 0 aliphatic carbocycles. The summed E-state index contributed by atoms with van der Waals surface area (Å²) < 4.78 is 5.32. The zero-order valence-corrected chi connectivity index (χ0v) is 15.0. The molecule has 132 valence electrons. The summed E-state index contributed by atoms with van der Waals surface area (Å²) in [5.41, 5.74) is 2.85. The second kappa shape index (κ2) is 7.51. The number of nitrogens with one attached hydrogen (secondary N) is 1. The zero-order valence-electron chi connectivity index (χ0n) is 15.0. The van der Waals surface area contributed by atoms with Gasteiger partial charge in [0.05, 0.1) is 12.8 Å². The van der Waals surface area contributed by atoms with Crippen LogP contribution in [0.5, 0.6) is 5.75 Å². The fraction of sp³-hybridized carbons (Fsp3) is 0.421. The van der Waals surface area contributed by atoms with Crippen LogP contribution in [0.4, 0.5) is 11.6 Å². The quantitative estimate of drug-likeness (QED) is 0.924. The van der Waals surface area contributed by atoms with E-state index in [1.54, 1.807) is 13.2 Å². The number of benzene rings is 1. The maximum Gasteiger partial charge on any atom is 0.274 e. The monoisotopic (exact) mass is 340 g/mol. The Morgan fingerprint density at radius 1 is 1.12 bits per heavy atom. The summed E-state index contributed by atoms with van der Waals surface area (Å²) in [5, 5.41) is 2.90. The van der Waals surface area contributed by atoms with Gasteiger partial charge in [-0.2, -0.15) is 0 Å². The van der Waals surface area contributed by atoms with Gasteiger partial charge < -0.3 is 15.0 Å². The molecule has 0 unspecified atom stereocenters. The van der Waals surface area contributed by atoms with E-state index in [0.717, 1.165) is 37.2 Å². The van der Waals surface area contributed by atoms with Crippen molar-refractivity contribution in [2.75, 3.05) is 30.4 Å². The summed E-state index contributed by atoms with van der Waals surface area (Å²) >= 11 is 0. The number of carbonyl (C=O) groups is 1. The Bertz CT molecular complexity index is 770. The molecule has 0 atom stereocenters. The van der Waals surface area contributed by atoms with Gasteiger partial charge in [-0.3, -0.25) is 4.79 Å². The van der Waals surface area contributed by atoms with Crippen LogP contribution in [-0.4, -0.2) is 36.1 Å². The van der Waals surface area contributed by atoms with Crippen molar-refractivity contribution < 1.29 is 9.53 Å². The Hall–Kier alpha value is -2.63. The minimum atomic E-state index is -0.257. The number of rotatable bonds is 4. The van der Waals surface area contributed by atoms with Crippen LogP contribution in [0.15, 0.2) is 24.3 Å². The fourth-order valence-electron chi connectivity index (χ4n) is 3.01. The van der Waals surface area contributed by atoms with E-state index in [-0.39, 0.29) is 5.91 Å². The van der Waals surface area contributed by atoms with Gasteiger partial charge in [-0.25, -0.2) is 9.97 Å². The summed E-state index contributed by atoms with van der Waals surface area (Å²) in [7, 11) is 1.59. The standard InChI is InChI=1S/C19H24N4O2/c1-13-7-8-17(25-3)15(11-13)21-18(24)16-12-14(2)20-19(22-16)23-9-5-4-6-10-23/h7-8,11-12H,4-6,9-10H2,1-3H3,(H,21,24). The molecule has 1 aliphatic heterocycles. The molecule has 1 fully saturated rings. The molecule has 2 aromatic rings. The highest BCUT2D eigenvalue weighted by molar-refractivity contribution is 6.04. The number of piperidine rings is 1. The highest BCUT2D eigenvalue weighted by Gasteiger charge is 2.18. The van der Waals surface area contributed by atoms with E-state index in [1.165, 1.54) is 6.42 Å². The normalized spacial score (nSPS) is 14.3. The smallest absolute Gasteiger partial charge is 0.274 e. The van der Waals surface area contributed by atoms with Gasteiger partial charge in [0.15, 0.2) is 0 Å². The maximum atomic E-state index is 12.7. The number of ether oxygens (including phenoxy) is 1. The lowest BCUT2D eigenvalue weighted by atomic mass is 10.1. The Labute approximate surface area is 148 Å². The van der Waals surface area contributed by atoms with Crippen molar-refractivity contribution in [3.05, 3.63) is 41.2 Å². The van der Waals surface area contributed by atoms with Crippen molar-refractivity contribution in [1.29, 1.82) is 0 Å². The lowest BCUT2D eigenvalue weighted by molar-refractivity contribution is 0.102. The summed E-state index contributed by atoms with van der Waals surface area (Å²) in [5.74, 6) is 1.01. The summed E-state index contributed by atoms with van der Waals surface area (Å²) in [6.45, 7) is 5.74. The van der Waals surface area contributed by atoms with Gasteiger partial charge >= 0.3 is 0 Å². The van der Waals surface area contributed by atoms with Crippen LogP contribution in [0.1, 0.15) is 41.0 Å². The molecule has 3 rings (SSSR count). The molecule has 2 heterocycles. The number of anilines is 2. The van der Waals surface area contributed by atoms with E-state index in [2.05, 4.69) is 20.2 Å². The molecule has 0 bridgehead atoms. The largest absolute Gasteiger partial charge is 0.495 e. The third-order valence-corrected chi connectivity index (χ3v) is 4.32. The zero-order chi connectivity index (χ0) is 17.8. The van der Waals surface area contributed by atoms with Crippen LogP contribution in [0.25, 0.3) is 0 Å². The lowest BCUT2D eigenvalue weighted by Crippen LogP contribution is -2.31. The van der Waals surface area contributed by atoms with Gasteiger partial charge in [-0.05, 0) is 56.9 Å². The molecule has 6 nitrogen and oxygen atoms in total. The first-order chi connectivity index (χ1) is 12.1. The number of nitrogens with zero attached hydrogens (tertiary/aromatic N) is 3. The highest BCUT2D eigenvalue weighted by atomic mass is 16.5. The predicted molar refractivity (Wildman–Crippen MR) is 98.5 cm³/mol. The van der Waals surface area contributed by atoms with E-state index in [9.17, 15) is 4.79 Å². The Morgan fingerprint density at radius 3 is 2.60 bits per heavy atom. The highest BCUT2D eigenvalue weighted by Crippen LogP contribution is 2.26. The van der Waals surface area contributed by atoms with E-state index >= 15 is 0 Å². The number of carbonyl (C=O) groups excluding carboxylic acids is 1. The van der Waals surface area contributed by atoms with Gasteiger partial charge in [-0.15, -0.1) is 0 Å². The van der Waals surface area contributed by atoms with E-state index in [4.69, 9.17) is 4.74 Å². The van der Waals surface area contributed by atoms with Crippen molar-refractivity contribution in [1.82, 2.24) is 9.97 Å². The van der Waals surface area contributed by atoms with Crippen LogP contribution in [0, 0.1) is 13.8 Å². The Morgan fingerprint density at radius 2 is 1.88 bits per heavy atom. The predicted octanol–water partition coefficient (Wildman–Crippen LogP) is 3.34. The number of amides is 1. The summed E-state index contributed by atoms with van der Waals surface area (Å²) in [6.07, 6.45) is 3.52. The van der Waals surface area contributed by atoms with Crippen LogP contribution in [-0.2, 0) is 0 Å². The second-order valence-electron chi connectivity index (χ2n) is 6.40. The fourth-order valence-corrected chi connectivity index (χ4v) is 3.01. The first kappa shape index (κ1) is 17.2. The van der Waals surface area contributed by atoms with Crippen molar-refractivity contribution in [2.45, 2.75) is 33.1 Å². The van der Waals surface area contributed by atoms with Gasteiger partial charge in [0.25, 0.3) is 5.91 Å². The number of aromatic nitrogens is 2. The molecule has 1 amide bonds.